The standard InChI is InChI=1S/C14H24ClN3/c1-6-12(7-2)18(9-10(3)4)13-8-11(5)16-14(15)17-13/h8,10,12H,6-7,9H2,1-5H3. The van der Waals surface area contributed by atoms with Crippen LogP contribution in [0.5, 0.6) is 0 Å². The van der Waals surface area contributed by atoms with Crippen LogP contribution in [-0.4, -0.2) is 22.6 Å². The van der Waals surface area contributed by atoms with E-state index in [2.05, 4.69) is 42.6 Å². The molecule has 3 nitrogen and oxygen atoms in total. The van der Waals surface area contributed by atoms with E-state index in [0.717, 1.165) is 30.9 Å². The zero-order valence-electron chi connectivity index (χ0n) is 12.1. The number of nitrogens with zero attached hydrogens (tertiary/aromatic N) is 3. The zero-order chi connectivity index (χ0) is 13.7. The highest BCUT2D eigenvalue weighted by Crippen LogP contribution is 2.22. The molecule has 0 unspecified atom stereocenters. The SMILES string of the molecule is CCC(CC)N(CC(C)C)c1cc(C)nc(Cl)n1. The van der Waals surface area contributed by atoms with Gasteiger partial charge in [0.05, 0.1) is 0 Å². The molecule has 18 heavy (non-hydrogen) atoms. The van der Waals surface area contributed by atoms with E-state index in [1.54, 1.807) is 0 Å². The fourth-order valence-electron chi connectivity index (χ4n) is 2.22. The van der Waals surface area contributed by atoms with Crippen molar-refractivity contribution >= 4 is 17.4 Å². The van der Waals surface area contributed by atoms with Crippen molar-refractivity contribution < 1.29 is 0 Å². The van der Waals surface area contributed by atoms with E-state index < -0.39 is 0 Å². The summed E-state index contributed by atoms with van der Waals surface area (Å²) in [6.07, 6.45) is 2.23. The lowest BCUT2D eigenvalue weighted by molar-refractivity contribution is 0.503. The van der Waals surface area contributed by atoms with Crippen molar-refractivity contribution in [2.45, 2.75) is 53.5 Å². The molecule has 0 bridgehead atoms. The molecule has 0 radical (unpaired) electrons. The van der Waals surface area contributed by atoms with E-state index in [1.165, 1.54) is 0 Å². The third kappa shape index (κ3) is 4.13. The summed E-state index contributed by atoms with van der Waals surface area (Å²) >= 11 is 5.97. The Kier molecular flexibility index (Phi) is 5.86. The monoisotopic (exact) mass is 269 g/mol. The molecule has 0 spiro atoms. The van der Waals surface area contributed by atoms with Crippen molar-refractivity contribution in [3.05, 3.63) is 17.0 Å². The van der Waals surface area contributed by atoms with Crippen molar-refractivity contribution in [3.8, 4) is 0 Å². The minimum atomic E-state index is 0.338. The van der Waals surface area contributed by atoms with Gasteiger partial charge in [0.1, 0.15) is 5.82 Å². The Hall–Kier alpha value is -0.830. The molecule has 0 aliphatic carbocycles. The average molecular weight is 270 g/mol. The highest BCUT2D eigenvalue weighted by molar-refractivity contribution is 6.28. The summed E-state index contributed by atoms with van der Waals surface area (Å²) in [7, 11) is 0. The van der Waals surface area contributed by atoms with Gasteiger partial charge in [0.2, 0.25) is 5.28 Å². The maximum absolute atomic E-state index is 5.97. The summed E-state index contributed by atoms with van der Waals surface area (Å²) in [6, 6.07) is 2.53. The van der Waals surface area contributed by atoms with E-state index in [9.17, 15) is 0 Å². The second kappa shape index (κ2) is 6.93. The van der Waals surface area contributed by atoms with Gasteiger partial charge in [0.15, 0.2) is 0 Å². The van der Waals surface area contributed by atoms with E-state index in [1.807, 2.05) is 13.0 Å². The summed E-state index contributed by atoms with van der Waals surface area (Å²) in [6.45, 7) is 11.8. The molecule has 0 amide bonds. The number of hydrogen-bond donors (Lipinski definition) is 0. The molecular weight excluding hydrogens is 246 g/mol. The van der Waals surface area contributed by atoms with Crippen molar-refractivity contribution in [2.75, 3.05) is 11.4 Å². The quantitative estimate of drug-likeness (QED) is 0.729. The summed E-state index contributed by atoms with van der Waals surface area (Å²) in [4.78, 5) is 10.9. The van der Waals surface area contributed by atoms with Crippen LogP contribution < -0.4 is 4.90 Å². The lowest BCUT2D eigenvalue weighted by Gasteiger charge is -2.33. The van der Waals surface area contributed by atoms with Crippen LogP contribution in [0.1, 0.15) is 46.2 Å². The van der Waals surface area contributed by atoms with Crippen LogP contribution >= 0.6 is 11.6 Å². The molecule has 0 aromatic carbocycles. The van der Waals surface area contributed by atoms with Gasteiger partial charge in [-0.2, -0.15) is 0 Å². The normalized spacial score (nSPS) is 11.3. The first kappa shape index (κ1) is 15.2. The molecule has 1 rings (SSSR count). The topological polar surface area (TPSA) is 29.0 Å². The van der Waals surface area contributed by atoms with Gasteiger partial charge in [-0.3, -0.25) is 0 Å². The lowest BCUT2D eigenvalue weighted by Crippen LogP contribution is -2.38. The van der Waals surface area contributed by atoms with Crippen molar-refractivity contribution in [2.24, 2.45) is 5.92 Å². The first-order chi connectivity index (χ1) is 8.47. The number of hydrogen-bond acceptors (Lipinski definition) is 3. The number of aromatic nitrogens is 2. The summed E-state index contributed by atoms with van der Waals surface area (Å²) in [5.74, 6) is 1.55. The number of halogens is 1. The Bertz CT molecular complexity index is 355. The number of aryl methyl sites for hydroxylation is 1. The Morgan fingerprint density at radius 1 is 1.22 bits per heavy atom. The lowest BCUT2D eigenvalue weighted by atomic mass is 10.1. The van der Waals surface area contributed by atoms with Gasteiger partial charge < -0.3 is 4.90 Å². The highest BCUT2D eigenvalue weighted by Gasteiger charge is 2.19. The predicted molar refractivity (Wildman–Crippen MR) is 78.3 cm³/mol. The van der Waals surface area contributed by atoms with Gasteiger partial charge in [-0.15, -0.1) is 0 Å². The molecule has 0 atom stereocenters. The fraction of sp³-hybridized carbons (Fsp3) is 0.714. The molecule has 4 heteroatoms. The van der Waals surface area contributed by atoms with Gasteiger partial charge >= 0.3 is 0 Å². The molecule has 0 saturated heterocycles. The molecule has 1 heterocycles. The van der Waals surface area contributed by atoms with Crippen molar-refractivity contribution in [1.29, 1.82) is 0 Å². The van der Waals surface area contributed by atoms with Crippen LogP contribution in [0, 0.1) is 12.8 Å². The van der Waals surface area contributed by atoms with Gasteiger partial charge in [-0.1, -0.05) is 27.7 Å². The van der Waals surface area contributed by atoms with Crippen molar-refractivity contribution in [1.82, 2.24) is 9.97 Å². The molecule has 0 saturated carbocycles. The molecule has 0 N–H and O–H groups in total. The molecule has 1 aromatic heterocycles. The fourth-order valence-corrected chi connectivity index (χ4v) is 2.44. The molecule has 0 aliphatic rings. The van der Waals surface area contributed by atoms with Gasteiger partial charge in [-0.25, -0.2) is 9.97 Å². The third-order valence-corrected chi connectivity index (χ3v) is 3.22. The zero-order valence-corrected chi connectivity index (χ0v) is 12.8. The van der Waals surface area contributed by atoms with E-state index in [-0.39, 0.29) is 0 Å². The van der Waals surface area contributed by atoms with E-state index in [0.29, 0.717) is 17.2 Å². The summed E-state index contributed by atoms with van der Waals surface area (Å²) < 4.78 is 0. The molecule has 0 aliphatic heterocycles. The average Bonchev–Trinajstić information content (AvgIpc) is 2.27. The minimum Gasteiger partial charge on any atom is -0.353 e. The van der Waals surface area contributed by atoms with Crippen LogP contribution in [0.15, 0.2) is 6.07 Å². The number of anilines is 1. The smallest absolute Gasteiger partial charge is 0.224 e. The van der Waals surface area contributed by atoms with Gasteiger partial charge in [0, 0.05) is 24.3 Å². The number of rotatable bonds is 6. The summed E-state index contributed by atoms with van der Waals surface area (Å²) in [5.41, 5.74) is 0.921. The van der Waals surface area contributed by atoms with Gasteiger partial charge in [0.25, 0.3) is 0 Å². The molecular formula is C14H24ClN3. The first-order valence-corrected chi connectivity index (χ1v) is 7.13. The maximum atomic E-state index is 5.97. The largest absolute Gasteiger partial charge is 0.353 e. The van der Waals surface area contributed by atoms with Crippen LogP contribution in [-0.2, 0) is 0 Å². The third-order valence-electron chi connectivity index (χ3n) is 3.05. The van der Waals surface area contributed by atoms with Crippen LogP contribution in [0.4, 0.5) is 5.82 Å². The molecule has 1 aromatic rings. The Morgan fingerprint density at radius 2 is 1.83 bits per heavy atom. The highest BCUT2D eigenvalue weighted by atomic mass is 35.5. The van der Waals surface area contributed by atoms with Crippen LogP contribution in [0.25, 0.3) is 0 Å². The second-order valence-electron chi connectivity index (χ2n) is 5.15. The predicted octanol–water partition coefficient (Wildman–Crippen LogP) is 4.09. The second-order valence-corrected chi connectivity index (χ2v) is 5.49. The first-order valence-electron chi connectivity index (χ1n) is 6.75. The molecule has 0 fully saturated rings. The van der Waals surface area contributed by atoms with E-state index in [4.69, 9.17) is 11.6 Å². The van der Waals surface area contributed by atoms with Crippen molar-refractivity contribution in [3.63, 3.8) is 0 Å². The van der Waals surface area contributed by atoms with Gasteiger partial charge in [-0.05, 0) is 37.3 Å². The van der Waals surface area contributed by atoms with Crippen LogP contribution in [0.2, 0.25) is 5.28 Å². The minimum absolute atomic E-state index is 0.338. The Labute approximate surface area is 116 Å². The Morgan fingerprint density at radius 3 is 2.28 bits per heavy atom. The molecule has 102 valence electrons. The van der Waals surface area contributed by atoms with Crippen LogP contribution in [0.3, 0.4) is 0 Å². The maximum Gasteiger partial charge on any atom is 0.224 e. The summed E-state index contributed by atoms with van der Waals surface area (Å²) in [5, 5.41) is 0.338. The van der Waals surface area contributed by atoms with E-state index >= 15 is 0 Å². The Balaban J connectivity index is 3.07.